The van der Waals surface area contributed by atoms with E-state index in [0.29, 0.717) is 17.2 Å². The molecule has 0 spiro atoms. The van der Waals surface area contributed by atoms with Crippen molar-refractivity contribution >= 4 is 34.0 Å². The van der Waals surface area contributed by atoms with E-state index in [1.807, 2.05) is 24.4 Å². The molecule has 178 valence electrons. The van der Waals surface area contributed by atoms with Gasteiger partial charge in [-0.3, -0.25) is 4.40 Å². The summed E-state index contributed by atoms with van der Waals surface area (Å²) in [6.07, 6.45) is 3.83. The summed E-state index contributed by atoms with van der Waals surface area (Å²) >= 11 is 0. The molecule has 4 aromatic heterocycles. The highest BCUT2D eigenvalue weighted by Crippen LogP contribution is 2.30. The van der Waals surface area contributed by atoms with Crippen LogP contribution in [0.5, 0.6) is 0 Å². The minimum Gasteiger partial charge on any atom is -0.369 e. The number of hydrogen-bond donors (Lipinski definition) is 2. The molecular weight excluding hydrogens is 450 g/mol. The van der Waals surface area contributed by atoms with Gasteiger partial charge in [0.25, 0.3) is 6.43 Å². The SMILES string of the molecule is CN1CCN(c2cccc(Nc3ncc4c(-c5ccc6ncc(C(F)F)n6c5)c[nH]c4n3)c2)CC1. The van der Waals surface area contributed by atoms with Crippen LogP contribution < -0.4 is 10.2 Å². The molecule has 0 bridgehead atoms. The maximum absolute atomic E-state index is 13.3. The van der Waals surface area contributed by atoms with Gasteiger partial charge in [-0.05, 0) is 37.4 Å². The van der Waals surface area contributed by atoms with E-state index in [1.54, 1.807) is 18.5 Å². The van der Waals surface area contributed by atoms with E-state index in [1.165, 1.54) is 16.3 Å². The second-order valence-corrected chi connectivity index (χ2v) is 8.75. The Labute approximate surface area is 200 Å². The molecule has 1 aliphatic rings. The molecule has 1 fully saturated rings. The molecule has 6 rings (SSSR count). The van der Waals surface area contributed by atoms with E-state index in [9.17, 15) is 8.78 Å². The summed E-state index contributed by atoms with van der Waals surface area (Å²) in [4.78, 5) is 21.1. The molecule has 0 aliphatic carbocycles. The molecule has 0 saturated carbocycles. The molecule has 5 heterocycles. The Kier molecular flexibility index (Phi) is 5.29. The van der Waals surface area contributed by atoms with Crippen molar-refractivity contribution in [3.05, 3.63) is 66.9 Å². The number of anilines is 3. The number of hydrogen-bond acceptors (Lipinski definition) is 6. The zero-order chi connectivity index (χ0) is 23.9. The normalized spacial score (nSPS) is 14.9. The quantitative estimate of drug-likeness (QED) is 0.384. The number of H-pyrrole nitrogens is 1. The highest BCUT2D eigenvalue weighted by Gasteiger charge is 2.17. The van der Waals surface area contributed by atoms with Crippen molar-refractivity contribution in [1.82, 2.24) is 29.2 Å². The van der Waals surface area contributed by atoms with Crippen molar-refractivity contribution in [1.29, 1.82) is 0 Å². The molecule has 35 heavy (non-hydrogen) atoms. The molecular formula is C25H24F2N8. The summed E-state index contributed by atoms with van der Waals surface area (Å²) in [5, 5.41) is 4.10. The average molecular weight is 475 g/mol. The van der Waals surface area contributed by atoms with Gasteiger partial charge < -0.3 is 20.1 Å². The van der Waals surface area contributed by atoms with Crippen molar-refractivity contribution in [2.45, 2.75) is 6.43 Å². The smallest absolute Gasteiger partial charge is 0.280 e. The van der Waals surface area contributed by atoms with Crippen LogP contribution in [0.1, 0.15) is 12.1 Å². The van der Waals surface area contributed by atoms with Gasteiger partial charge in [-0.25, -0.2) is 18.7 Å². The van der Waals surface area contributed by atoms with Crippen molar-refractivity contribution in [2.75, 3.05) is 43.4 Å². The molecule has 1 saturated heterocycles. The number of likely N-dealkylation sites (N-methyl/N-ethyl adjacent to an activating group) is 1. The lowest BCUT2D eigenvalue weighted by molar-refractivity contribution is 0.145. The Bertz CT molecular complexity index is 1500. The lowest BCUT2D eigenvalue weighted by atomic mass is 10.1. The first-order chi connectivity index (χ1) is 17.0. The van der Waals surface area contributed by atoms with Gasteiger partial charge >= 0.3 is 0 Å². The summed E-state index contributed by atoms with van der Waals surface area (Å²) in [6, 6.07) is 11.8. The lowest BCUT2D eigenvalue weighted by Gasteiger charge is -2.34. The van der Waals surface area contributed by atoms with Gasteiger partial charge in [0.2, 0.25) is 5.95 Å². The van der Waals surface area contributed by atoms with Gasteiger partial charge in [-0.1, -0.05) is 6.07 Å². The molecule has 2 N–H and O–H groups in total. The Hall–Kier alpha value is -4.05. The fourth-order valence-corrected chi connectivity index (χ4v) is 4.50. The van der Waals surface area contributed by atoms with Crippen molar-refractivity contribution in [2.24, 2.45) is 0 Å². The Morgan fingerprint density at radius 1 is 1.03 bits per heavy atom. The van der Waals surface area contributed by atoms with Crippen LogP contribution in [0, 0.1) is 0 Å². The van der Waals surface area contributed by atoms with E-state index < -0.39 is 6.43 Å². The second kappa shape index (κ2) is 8.62. The number of aromatic nitrogens is 5. The fraction of sp³-hybridized carbons (Fsp3) is 0.240. The highest BCUT2D eigenvalue weighted by molar-refractivity contribution is 5.93. The number of pyridine rings is 1. The summed E-state index contributed by atoms with van der Waals surface area (Å²) < 4.78 is 28.1. The van der Waals surface area contributed by atoms with E-state index >= 15 is 0 Å². The number of nitrogens with zero attached hydrogens (tertiary/aromatic N) is 6. The molecule has 5 aromatic rings. The molecule has 0 amide bonds. The molecule has 0 atom stereocenters. The molecule has 1 aliphatic heterocycles. The van der Waals surface area contributed by atoms with E-state index in [4.69, 9.17) is 0 Å². The zero-order valence-electron chi connectivity index (χ0n) is 19.1. The number of rotatable bonds is 5. The molecule has 8 nitrogen and oxygen atoms in total. The first-order valence-electron chi connectivity index (χ1n) is 11.5. The summed E-state index contributed by atoms with van der Waals surface area (Å²) in [5.74, 6) is 0.478. The third-order valence-electron chi connectivity index (χ3n) is 6.47. The maximum atomic E-state index is 13.3. The van der Waals surface area contributed by atoms with Crippen molar-refractivity contribution in [3.63, 3.8) is 0 Å². The van der Waals surface area contributed by atoms with E-state index in [-0.39, 0.29) is 5.69 Å². The highest BCUT2D eigenvalue weighted by atomic mass is 19.3. The van der Waals surface area contributed by atoms with E-state index in [2.05, 4.69) is 54.2 Å². The monoisotopic (exact) mass is 474 g/mol. The van der Waals surface area contributed by atoms with Crippen LogP contribution in [-0.4, -0.2) is 62.5 Å². The predicted molar refractivity (Wildman–Crippen MR) is 132 cm³/mol. The number of piperazine rings is 1. The fourth-order valence-electron chi connectivity index (χ4n) is 4.50. The second-order valence-electron chi connectivity index (χ2n) is 8.75. The third-order valence-corrected chi connectivity index (χ3v) is 6.47. The van der Waals surface area contributed by atoms with Crippen LogP contribution >= 0.6 is 0 Å². The summed E-state index contributed by atoms with van der Waals surface area (Å²) in [7, 11) is 2.14. The lowest BCUT2D eigenvalue weighted by Crippen LogP contribution is -2.44. The van der Waals surface area contributed by atoms with Crippen LogP contribution in [0.4, 0.5) is 26.1 Å². The Morgan fingerprint density at radius 3 is 2.71 bits per heavy atom. The van der Waals surface area contributed by atoms with Gasteiger partial charge in [0.05, 0.1) is 6.20 Å². The van der Waals surface area contributed by atoms with Crippen LogP contribution in [0.3, 0.4) is 0 Å². The van der Waals surface area contributed by atoms with Gasteiger partial charge in [0.15, 0.2) is 0 Å². The zero-order valence-corrected chi connectivity index (χ0v) is 19.1. The summed E-state index contributed by atoms with van der Waals surface area (Å²) in [6.45, 7) is 4.09. The predicted octanol–water partition coefficient (Wildman–Crippen LogP) is 4.71. The Balaban J connectivity index is 1.26. The van der Waals surface area contributed by atoms with Crippen LogP contribution in [0.2, 0.25) is 0 Å². The maximum Gasteiger partial charge on any atom is 0.280 e. The van der Waals surface area contributed by atoms with Crippen molar-refractivity contribution in [3.8, 4) is 11.1 Å². The largest absolute Gasteiger partial charge is 0.369 e. The van der Waals surface area contributed by atoms with Gasteiger partial charge in [0, 0.05) is 72.7 Å². The topological polar surface area (TPSA) is 77.4 Å². The first kappa shape index (κ1) is 21.5. The van der Waals surface area contributed by atoms with E-state index in [0.717, 1.165) is 48.4 Å². The van der Waals surface area contributed by atoms with Gasteiger partial charge in [-0.2, -0.15) is 4.98 Å². The standard InChI is InChI=1S/C25H24F2N8/c1-33-7-9-34(10-8-33)18-4-2-3-17(11-18)31-25-30-13-20-19(12-29-24(20)32-25)16-5-6-22-28-14-21(23(26)27)35(22)15-16/h2-6,11-15,23H,7-10H2,1H3,(H2,29,30,31,32). The minimum absolute atomic E-state index is 0.136. The van der Waals surface area contributed by atoms with Crippen LogP contribution in [0.15, 0.2) is 61.2 Å². The average Bonchev–Trinajstić information content (AvgIpc) is 3.48. The Morgan fingerprint density at radius 2 is 1.89 bits per heavy atom. The number of alkyl halides is 2. The van der Waals surface area contributed by atoms with Gasteiger partial charge in [0.1, 0.15) is 17.0 Å². The molecule has 0 unspecified atom stereocenters. The summed E-state index contributed by atoms with van der Waals surface area (Å²) in [5.41, 5.74) is 4.69. The number of imidazole rings is 1. The van der Waals surface area contributed by atoms with Gasteiger partial charge in [-0.15, -0.1) is 0 Å². The number of halogens is 2. The third kappa shape index (κ3) is 4.06. The van der Waals surface area contributed by atoms with Crippen molar-refractivity contribution < 1.29 is 8.78 Å². The van der Waals surface area contributed by atoms with Crippen LogP contribution in [0.25, 0.3) is 27.8 Å². The molecule has 0 radical (unpaired) electrons. The van der Waals surface area contributed by atoms with Crippen LogP contribution in [-0.2, 0) is 0 Å². The minimum atomic E-state index is -2.60. The first-order valence-corrected chi connectivity index (χ1v) is 11.5. The number of aromatic amines is 1. The number of benzene rings is 1. The molecule has 1 aromatic carbocycles. The molecule has 10 heteroatoms. The number of fused-ring (bicyclic) bond motifs is 2. The number of nitrogens with one attached hydrogen (secondary N) is 2.